The number of hydrogen-bond donors (Lipinski definition) is 1. The number of rotatable bonds is 5. The number of nitrogens with zero attached hydrogens (tertiary/aromatic N) is 1. The summed E-state index contributed by atoms with van der Waals surface area (Å²) in [5.41, 5.74) is 7.75. The molecule has 4 nitrogen and oxygen atoms in total. The number of carbonyl (C=O) groups is 1. The molecule has 4 heteroatoms. The van der Waals surface area contributed by atoms with E-state index < -0.39 is 0 Å². The summed E-state index contributed by atoms with van der Waals surface area (Å²) in [4.78, 5) is 13.8. The van der Waals surface area contributed by atoms with Crippen molar-refractivity contribution in [1.29, 1.82) is 0 Å². The standard InChI is InChI=1S/C14H22N2O2/c1-5-8-16(3)10(2)11-6-7-13(15)12(9-11)14(17)18-4/h6-7,9-10H,5,8,15H2,1-4H3. The van der Waals surface area contributed by atoms with E-state index in [2.05, 4.69) is 25.8 Å². The van der Waals surface area contributed by atoms with Gasteiger partial charge in [0.15, 0.2) is 0 Å². The highest BCUT2D eigenvalue weighted by Gasteiger charge is 2.15. The van der Waals surface area contributed by atoms with Gasteiger partial charge in [0.2, 0.25) is 0 Å². The second-order valence-electron chi connectivity index (χ2n) is 4.49. The first-order valence-electron chi connectivity index (χ1n) is 6.19. The van der Waals surface area contributed by atoms with Gasteiger partial charge in [-0.1, -0.05) is 13.0 Å². The molecule has 1 rings (SSSR count). The number of benzene rings is 1. The van der Waals surface area contributed by atoms with Gasteiger partial charge in [-0.05, 0) is 44.6 Å². The quantitative estimate of drug-likeness (QED) is 0.644. The average molecular weight is 250 g/mol. The van der Waals surface area contributed by atoms with Gasteiger partial charge >= 0.3 is 5.97 Å². The van der Waals surface area contributed by atoms with Gasteiger partial charge in [-0.3, -0.25) is 4.90 Å². The van der Waals surface area contributed by atoms with Crippen molar-refractivity contribution in [3.63, 3.8) is 0 Å². The van der Waals surface area contributed by atoms with Crippen molar-refractivity contribution in [3.8, 4) is 0 Å². The van der Waals surface area contributed by atoms with Crippen molar-refractivity contribution >= 4 is 11.7 Å². The van der Waals surface area contributed by atoms with E-state index in [0.29, 0.717) is 11.3 Å². The maximum Gasteiger partial charge on any atom is 0.339 e. The van der Waals surface area contributed by atoms with Crippen molar-refractivity contribution in [3.05, 3.63) is 29.3 Å². The van der Waals surface area contributed by atoms with Gasteiger partial charge in [0.1, 0.15) is 0 Å². The van der Waals surface area contributed by atoms with Crippen LogP contribution < -0.4 is 5.73 Å². The normalized spacial score (nSPS) is 12.5. The Morgan fingerprint density at radius 2 is 2.17 bits per heavy atom. The lowest BCUT2D eigenvalue weighted by atomic mass is 10.0. The van der Waals surface area contributed by atoms with Crippen LogP contribution in [0.2, 0.25) is 0 Å². The molecule has 0 bridgehead atoms. The first kappa shape index (κ1) is 14.5. The molecule has 100 valence electrons. The molecule has 0 spiro atoms. The molecule has 1 aromatic carbocycles. The van der Waals surface area contributed by atoms with Crippen LogP contribution in [-0.4, -0.2) is 31.6 Å². The number of nitrogen functional groups attached to an aromatic ring is 1. The Balaban J connectivity index is 3.00. The van der Waals surface area contributed by atoms with Gasteiger partial charge in [0, 0.05) is 11.7 Å². The van der Waals surface area contributed by atoms with E-state index >= 15 is 0 Å². The Morgan fingerprint density at radius 1 is 1.50 bits per heavy atom. The van der Waals surface area contributed by atoms with Crippen LogP contribution in [0.5, 0.6) is 0 Å². The topological polar surface area (TPSA) is 55.6 Å². The maximum absolute atomic E-state index is 11.6. The largest absolute Gasteiger partial charge is 0.465 e. The smallest absolute Gasteiger partial charge is 0.339 e. The zero-order valence-electron chi connectivity index (χ0n) is 11.6. The molecule has 0 heterocycles. The number of methoxy groups -OCH3 is 1. The summed E-state index contributed by atoms with van der Waals surface area (Å²) in [7, 11) is 3.43. The third-order valence-corrected chi connectivity index (χ3v) is 3.20. The van der Waals surface area contributed by atoms with Gasteiger partial charge in [-0.25, -0.2) is 4.79 Å². The predicted molar refractivity (Wildman–Crippen MR) is 73.5 cm³/mol. The molecule has 0 aliphatic rings. The monoisotopic (exact) mass is 250 g/mol. The Kier molecular flexibility index (Phi) is 5.16. The zero-order valence-corrected chi connectivity index (χ0v) is 11.6. The highest BCUT2D eigenvalue weighted by Crippen LogP contribution is 2.23. The molecule has 0 fully saturated rings. The highest BCUT2D eigenvalue weighted by molar-refractivity contribution is 5.95. The number of ether oxygens (including phenoxy) is 1. The van der Waals surface area contributed by atoms with E-state index in [4.69, 9.17) is 10.5 Å². The van der Waals surface area contributed by atoms with Crippen LogP contribution >= 0.6 is 0 Å². The summed E-state index contributed by atoms with van der Waals surface area (Å²) in [6.45, 7) is 5.27. The number of carbonyl (C=O) groups excluding carboxylic acids is 1. The average Bonchev–Trinajstić information content (AvgIpc) is 2.38. The molecular weight excluding hydrogens is 228 g/mol. The van der Waals surface area contributed by atoms with Gasteiger partial charge in [0.25, 0.3) is 0 Å². The lowest BCUT2D eigenvalue weighted by Crippen LogP contribution is -2.23. The lowest BCUT2D eigenvalue weighted by Gasteiger charge is -2.25. The van der Waals surface area contributed by atoms with Crippen molar-refractivity contribution in [1.82, 2.24) is 4.90 Å². The summed E-state index contributed by atoms with van der Waals surface area (Å²) in [5.74, 6) is -0.389. The van der Waals surface area contributed by atoms with E-state index in [0.717, 1.165) is 18.5 Å². The highest BCUT2D eigenvalue weighted by atomic mass is 16.5. The molecule has 1 aromatic rings. The van der Waals surface area contributed by atoms with Crippen molar-refractivity contribution in [2.45, 2.75) is 26.3 Å². The second-order valence-corrected chi connectivity index (χ2v) is 4.49. The molecule has 0 saturated heterocycles. The minimum Gasteiger partial charge on any atom is -0.465 e. The number of nitrogens with two attached hydrogens (primary N) is 1. The van der Waals surface area contributed by atoms with Crippen LogP contribution in [0.3, 0.4) is 0 Å². The molecule has 1 atom stereocenters. The summed E-state index contributed by atoms with van der Waals surface area (Å²) >= 11 is 0. The van der Waals surface area contributed by atoms with Crippen LogP contribution in [0.1, 0.15) is 42.2 Å². The molecular formula is C14H22N2O2. The molecule has 0 aromatic heterocycles. The summed E-state index contributed by atoms with van der Waals surface area (Å²) < 4.78 is 4.73. The minimum atomic E-state index is -0.389. The van der Waals surface area contributed by atoms with E-state index in [1.54, 1.807) is 6.07 Å². The van der Waals surface area contributed by atoms with Gasteiger partial charge in [-0.15, -0.1) is 0 Å². The fourth-order valence-electron chi connectivity index (χ4n) is 1.92. The number of esters is 1. The number of anilines is 1. The minimum absolute atomic E-state index is 0.244. The fraction of sp³-hybridized carbons (Fsp3) is 0.500. The first-order chi connectivity index (χ1) is 8.51. The van der Waals surface area contributed by atoms with Crippen molar-refractivity contribution in [2.24, 2.45) is 0 Å². The third-order valence-electron chi connectivity index (χ3n) is 3.20. The molecule has 0 aliphatic heterocycles. The van der Waals surface area contributed by atoms with E-state index in [9.17, 15) is 4.79 Å². The van der Waals surface area contributed by atoms with Crippen LogP contribution in [0.15, 0.2) is 18.2 Å². The maximum atomic E-state index is 11.6. The van der Waals surface area contributed by atoms with E-state index in [-0.39, 0.29) is 12.0 Å². The van der Waals surface area contributed by atoms with E-state index in [1.165, 1.54) is 7.11 Å². The van der Waals surface area contributed by atoms with Crippen LogP contribution in [0.25, 0.3) is 0 Å². The predicted octanol–water partition coefficient (Wildman–Crippen LogP) is 2.46. The van der Waals surface area contributed by atoms with Gasteiger partial charge < -0.3 is 10.5 Å². The molecule has 0 radical (unpaired) electrons. The fourth-order valence-corrected chi connectivity index (χ4v) is 1.92. The molecule has 0 amide bonds. The Hall–Kier alpha value is -1.55. The van der Waals surface area contributed by atoms with Crippen molar-refractivity contribution < 1.29 is 9.53 Å². The SMILES string of the molecule is CCCN(C)C(C)c1ccc(N)c(C(=O)OC)c1. The summed E-state index contributed by atoms with van der Waals surface area (Å²) in [5, 5.41) is 0. The van der Waals surface area contributed by atoms with Crippen molar-refractivity contribution in [2.75, 3.05) is 26.4 Å². The number of hydrogen-bond acceptors (Lipinski definition) is 4. The molecule has 0 saturated carbocycles. The first-order valence-corrected chi connectivity index (χ1v) is 6.19. The van der Waals surface area contributed by atoms with E-state index in [1.807, 2.05) is 12.1 Å². The second kappa shape index (κ2) is 6.40. The Morgan fingerprint density at radius 3 is 2.72 bits per heavy atom. The van der Waals surface area contributed by atoms with Crippen LogP contribution in [0.4, 0.5) is 5.69 Å². The van der Waals surface area contributed by atoms with Gasteiger partial charge in [-0.2, -0.15) is 0 Å². The Labute approximate surface area is 109 Å². The van der Waals surface area contributed by atoms with Crippen LogP contribution in [-0.2, 0) is 4.74 Å². The summed E-state index contributed by atoms with van der Waals surface area (Å²) in [6.07, 6.45) is 1.10. The third kappa shape index (κ3) is 3.23. The molecule has 2 N–H and O–H groups in total. The van der Waals surface area contributed by atoms with Gasteiger partial charge in [0.05, 0.1) is 12.7 Å². The molecule has 1 unspecified atom stereocenters. The summed E-state index contributed by atoms with van der Waals surface area (Å²) in [6, 6.07) is 5.78. The Bertz CT molecular complexity index is 418. The lowest BCUT2D eigenvalue weighted by molar-refractivity contribution is 0.0601. The molecule has 18 heavy (non-hydrogen) atoms. The zero-order chi connectivity index (χ0) is 13.7. The molecule has 0 aliphatic carbocycles. The van der Waals surface area contributed by atoms with Crippen LogP contribution in [0, 0.1) is 0 Å².